The molecule has 122 valence electrons. The van der Waals surface area contributed by atoms with Crippen molar-refractivity contribution < 1.29 is 4.79 Å². The number of likely N-dealkylation sites (tertiary alicyclic amines) is 1. The van der Waals surface area contributed by atoms with Gasteiger partial charge in [0.05, 0.1) is 6.54 Å². The van der Waals surface area contributed by atoms with E-state index in [2.05, 4.69) is 54.8 Å². The van der Waals surface area contributed by atoms with Gasteiger partial charge in [0, 0.05) is 19.6 Å². The molecule has 22 heavy (non-hydrogen) atoms. The number of amides is 1. The second-order valence-electron chi connectivity index (χ2n) is 6.94. The van der Waals surface area contributed by atoms with Gasteiger partial charge < -0.3 is 4.90 Å². The Morgan fingerprint density at radius 3 is 2.41 bits per heavy atom. The Morgan fingerprint density at radius 1 is 1.18 bits per heavy atom. The molecule has 0 spiro atoms. The van der Waals surface area contributed by atoms with Crippen LogP contribution in [0.5, 0.6) is 0 Å². The predicted octanol–water partition coefficient (Wildman–Crippen LogP) is 3.40. The first-order chi connectivity index (χ1) is 10.6. The average Bonchev–Trinajstić information content (AvgIpc) is 2.47. The Hall–Kier alpha value is -1.35. The van der Waals surface area contributed by atoms with Gasteiger partial charge in [0.15, 0.2) is 0 Å². The van der Waals surface area contributed by atoms with Crippen molar-refractivity contribution in [1.29, 1.82) is 0 Å². The standard InChI is InChI=1S/C19H30N2O/c1-4-10-20(14-18-8-6-5-7-9-18)15-19(22)21-12-16(2)11-17(3)13-21/h5-9,16-17H,4,10-15H2,1-3H3. The summed E-state index contributed by atoms with van der Waals surface area (Å²) in [6.07, 6.45) is 2.32. The average molecular weight is 302 g/mol. The Balaban J connectivity index is 1.93. The Kier molecular flexibility index (Phi) is 6.44. The van der Waals surface area contributed by atoms with E-state index in [9.17, 15) is 4.79 Å². The zero-order valence-corrected chi connectivity index (χ0v) is 14.3. The summed E-state index contributed by atoms with van der Waals surface area (Å²) in [6, 6.07) is 10.4. The van der Waals surface area contributed by atoms with Crippen LogP contribution in [0.1, 0.15) is 39.2 Å². The van der Waals surface area contributed by atoms with Crippen LogP contribution < -0.4 is 0 Å². The number of carbonyl (C=O) groups excluding carboxylic acids is 1. The molecule has 1 aromatic carbocycles. The van der Waals surface area contributed by atoms with Gasteiger partial charge in [-0.3, -0.25) is 9.69 Å². The third kappa shape index (κ3) is 5.13. The third-order valence-corrected chi connectivity index (χ3v) is 4.37. The van der Waals surface area contributed by atoms with Crippen LogP contribution in [0.3, 0.4) is 0 Å². The van der Waals surface area contributed by atoms with E-state index in [1.54, 1.807) is 0 Å². The molecule has 0 aromatic heterocycles. The smallest absolute Gasteiger partial charge is 0.236 e. The fourth-order valence-corrected chi connectivity index (χ4v) is 3.53. The molecule has 0 N–H and O–H groups in total. The van der Waals surface area contributed by atoms with E-state index in [0.717, 1.165) is 32.6 Å². The molecule has 0 bridgehead atoms. The number of hydrogen-bond acceptors (Lipinski definition) is 2. The summed E-state index contributed by atoms with van der Waals surface area (Å²) >= 11 is 0. The molecular weight excluding hydrogens is 272 g/mol. The number of nitrogens with zero attached hydrogens (tertiary/aromatic N) is 2. The minimum absolute atomic E-state index is 0.294. The summed E-state index contributed by atoms with van der Waals surface area (Å²) in [5, 5.41) is 0. The van der Waals surface area contributed by atoms with Gasteiger partial charge in [0.2, 0.25) is 5.91 Å². The van der Waals surface area contributed by atoms with E-state index >= 15 is 0 Å². The molecule has 1 saturated heterocycles. The Morgan fingerprint density at radius 2 is 1.82 bits per heavy atom. The van der Waals surface area contributed by atoms with E-state index < -0.39 is 0 Å². The number of hydrogen-bond donors (Lipinski definition) is 0. The second-order valence-corrected chi connectivity index (χ2v) is 6.94. The lowest BCUT2D eigenvalue weighted by Gasteiger charge is -2.36. The maximum Gasteiger partial charge on any atom is 0.236 e. The molecule has 1 amide bonds. The van der Waals surface area contributed by atoms with Crippen LogP contribution in [0.2, 0.25) is 0 Å². The second kappa shape index (κ2) is 8.33. The van der Waals surface area contributed by atoms with Crippen molar-refractivity contribution in [3.63, 3.8) is 0 Å². The van der Waals surface area contributed by atoms with E-state index in [1.165, 1.54) is 12.0 Å². The number of piperidine rings is 1. The van der Waals surface area contributed by atoms with Gasteiger partial charge in [0.1, 0.15) is 0 Å². The van der Waals surface area contributed by atoms with Crippen LogP contribution in [0.4, 0.5) is 0 Å². The van der Waals surface area contributed by atoms with Crippen molar-refractivity contribution in [3.8, 4) is 0 Å². The van der Waals surface area contributed by atoms with Crippen molar-refractivity contribution in [2.75, 3.05) is 26.2 Å². The maximum atomic E-state index is 12.6. The molecule has 1 aromatic rings. The highest BCUT2D eigenvalue weighted by Gasteiger charge is 2.26. The normalized spacial score (nSPS) is 22.1. The van der Waals surface area contributed by atoms with Crippen molar-refractivity contribution >= 4 is 5.91 Å². The molecule has 0 saturated carbocycles. The van der Waals surface area contributed by atoms with E-state index in [4.69, 9.17) is 0 Å². The minimum atomic E-state index is 0.294. The molecule has 2 unspecified atom stereocenters. The van der Waals surface area contributed by atoms with Crippen LogP contribution >= 0.6 is 0 Å². The monoisotopic (exact) mass is 302 g/mol. The Bertz CT molecular complexity index is 450. The first kappa shape index (κ1) is 17.0. The fraction of sp³-hybridized carbons (Fsp3) is 0.632. The first-order valence-corrected chi connectivity index (χ1v) is 8.62. The summed E-state index contributed by atoms with van der Waals surface area (Å²) in [6.45, 7) is 10.9. The zero-order valence-electron chi connectivity index (χ0n) is 14.3. The molecule has 2 atom stereocenters. The molecule has 1 aliphatic heterocycles. The highest BCUT2D eigenvalue weighted by molar-refractivity contribution is 5.78. The lowest BCUT2D eigenvalue weighted by molar-refractivity contribution is -0.135. The van der Waals surface area contributed by atoms with Gasteiger partial charge in [-0.25, -0.2) is 0 Å². The molecule has 3 heteroatoms. The lowest BCUT2D eigenvalue weighted by Crippen LogP contribution is -2.47. The van der Waals surface area contributed by atoms with Crippen LogP contribution in [-0.4, -0.2) is 41.9 Å². The van der Waals surface area contributed by atoms with E-state index in [1.807, 2.05) is 6.07 Å². The number of carbonyl (C=O) groups is 1. The topological polar surface area (TPSA) is 23.6 Å². The van der Waals surface area contributed by atoms with Crippen molar-refractivity contribution in [2.24, 2.45) is 11.8 Å². The minimum Gasteiger partial charge on any atom is -0.341 e. The van der Waals surface area contributed by atoms with Gasteiger partial charge in [0.25, 0.3) is 0 Å². The summed E-state index contributed by atoms with van der Waals surface area (Å²) in [7, 11) is 0. The van der Waals surface area contributed by atoms with Crippen LogP contribution in [0.15, 0.2) is 30.3 Å². The molecule has 0 radical (unpaired) electrons. The molecule has 1 aliphatic rings. The van der Waals surface area contributed by atoms with Crippen molar-refractivity contribution in [2.45, 2.75) is 40.2 Å². The van der Waals surface area contributed by atoms with Gasteiger partial charge in [-0.1, -0.05) is 51.1 Å². The van der Waals surface area contributed by atoms with E-state index in [0.29, 0.717) is 24.3 Å². The summed E-state index contributed by atoms with van der Waals surface area (Å²) in [4.78, 5) is 17.0. The molecular formula is C19H30N2O. The lowest BCUT2D eigenvalue weighted by atomic mass is 9.92. The largest absolute Gasteiger partial charge is 0.341 e. The summed E-state index contributed by atoms with van der Waals surface area (Å²) in [5.41, 5.74) is 1.28. The Labute approximate surface area is 135 Å². The quantitative estimate of drug-likeness (QED) is 0.804. The van der Waals surface area contributed by atoms with Gasteiger partial charge >= 0.3 is 0 Å². The van der Waals surface area contributed by atoms with Gasteiger partial charge in [-0.05, 0) is 36.8 Å². The fourth-order valence-electron chi connectivity index (χ4n) is 3.53. The first-order valence-electron chi connectivity index (χ1n) is 8.62. The number of rotatable bonds is 6. The summed E-state index contributed by atoms with van der Waals surface area (Å²) in [5.74, 6) is 1.55. The highest BCUT2D eigenvalue weighted by atomic mass is 16.2. The van der Waals surface area contributed by atoms with Gasteiger partial charge in [-0.2, -0.15) is 0 Å². The molecule has 1 fully saturated rings. The van der Waals surface area contributed by atoms with Crippen molar-refractivity contribution in [1.82, 2.24) is 9.80 Å². The maximum absolute atomic E-state index is 12.6. The number of benzene rings is 1. The third-order valence-electron chi connectivity index (χ3n) is 4.37. The van der Waals surface area contributed by atoms with Gasteiger partial charge in [-0.15, -0.1) is 0 Å². The van der Waals surface area contributed by atoms with Crippen LogP contribution in [0.25, 0.3) is 0 Å². The SMILES string of the molecule is CCCN(CC(=O)N1CC(C)CC(C)C1)Cc1ccccc1. The van der Waals surface area contributed by atoms with E-state index in [-0.39, 0.29) is 0 Å². The van der Waals surface area contributed by atoms with Crippen molar-refractivity contribution in [3.05, 3.63) is 35.9 Å². The van der Waals surface area contributed by atoms with Crippen LogP contribution in [-0.2, 0) is 11.3 Å². The predicted molar refractivity (Wildman–Crippen MR) is 91.5 cm³/mol. The molecule has 1 heterocycles. The summed E-state index contributed by atoms with van der Waals surface area (Å²) < 4.78 is 0. The highest BCUT2D eigenvalue weighted by Crippen LogP contribution is 2.21. The van der Waals surface area contributed by atoms with Crippen LogP contribution in [0, 0.1) is 11.8 Å². The molecule has 2 rings (SSSR count). The zero-order chi connectivity index (χ0) is 15.9. The molecule has 0 aliphatic carbocycles. The molecule has 3 nitrogen and oxygen atoms in total.